The molecule has 2 nitrogen and oxygen atoms in total. The van der Waals surface area contributed by atoms with Gasteiger partial charge in [0, 0.05) is 23.3 Å². The zero-order valence-corrected chi connectivity index (χ0v) is 15.3. The first-order valence-electron chi connectivity index (χ1n) is 8.74. The summed E-state index contributed by atoms with van der Waals surface area (Å²) in [4.78, 5) is 16.4. The first kappa shape index (κ1) is 16.0. The number of hydrogen-bond acceptors (Lipinski definition) is 2. The van der Waals surface area contributed by atoms with Gasteiger partial charge in [0.05, 0.1) is 5.56 Å². The summed E-state index contributed by atoms with van der Waals surface area (Å²) in [5.41, 5.74) is 2.76. The van der Waals surface area contributed by atoms with Gasteiger partial charge >= 0.3 is 0 Å². The molecule has 3 heteroatoms. The van der Waals surface area contributed by atoms with Crippen LogP contribution >= 0.6 is 11.3 Å². The van der Waals surface area contributed by atoms with Crippen LogP contribution in [0.15, 0.2) is 5.38 Å². The lowest BCUT2D eigenvalue weighted by atomic mass is 9.72. The molecule has 1 aromatic rings. The van der Waals surface area contributed by atoms with Crippen molar-refractivity contribution in [3.63, 3.8) is 0 Å². The number of likely N-dealkylation sites (tertiary alicyclic amines) is 1. The monoisotopic (exact) mass is 319 g/mol. The molecule has 0 spiro atoms. The van der Waals surface area contributed by atoms with Crippen LogP contribution in [0.3, 0.4) is 0 Å². The molecule has 0 bridgehead atoms. The van der Waals surface area contributed by atoms with Crippen LogP contribution in [0.25, 0.3) is 0 Å². The van der Waals surface area contributed by atoms with Crippen LogP contribution in [0.4, 0.5) is 0 Å². The van der Waals surface area contributed by atoms with Gasteiger partial charge in [-0.1, -0.05) is 27.7 Å². The zero-order chi connectivity index (χ0) is 15.9. The van der Waals surface area contributed by atoms with Crippen LogP contribution in [0.2, 0.25) is 0 Å². The number of hydrogen-bond donors (Lipinski definition) is 0. The third-order valence-electron chi connectivity index (χ3n) is 5.68. The summed E-state index contributed by atoms with van der Waals surface area (Å²) >= 11 is 1.82. The summed E-state index contributed by atoms with van der Waals surface area (Å²) in [6.45, 7) is 11.2. The van der Waals surface area contributed by atoms with Gasteiger partial charge in [-0.25, -0.2) is 0 Å². The Morgan fingerprint density at radius 1 is 1.23 bits per heavy atom. The van der Waals surface area contributed by atoms with Crippen molar-refractivity contribution >= 4 is 17.2 Å². The van der Waals surface area contributed by atoms with E-state index in [1.165, 1.54) is 16.9 Å². The molecule has 1 atom stereocenters. The van der Waals surface area contributed by atoms with Crippen LogP contribution in [0.1, 0.15) is 67.8 Å². The van der Waals surface area contributed by atoms with Crippen molar-refractivity contribution in [1.82, 2.24) is 4.90 Å². The minimum Gasteiger partial charge on any atom is -0.339 e. The van der Waals surface area contributed by atoms with E-state index in [2.05, 4.69) is 38.0 Å². The number of amides is 1. The van der Waals surface area contributed by atoms with Crippen molar-refractivity contribution in [2.45, 2.75) is 59.8 Å². The highest BCUT2D eigenvalue weighted by Crippen LogP contribution is 2.41. The molecule has 22 heavy (non-hydrogen) atoms. The van der Waals surface area contributed by atoms with Crippen molar-refractivity contribution in [2.75, 3.05) is 13.1 Å². The van der Waals surface area contributed by atoms with Gasteiger partial charge in [-0.2, -0.15) is 0 Å². The van der Waals surface area contributed by atoms with Gasteiger partial charge in [0.1, 0.15) is 0 Å². The number of nitrogens with zero attached hydrogens (tertiary/aromatic N) is 1. The third-order valence-corrected chi connectivity index (χ3v) is 6.73. The average Bonchev–Trinajstić information content (AvgIpc) is 2.89. The topological polar surface area (TPSA) is 20.3 Å². The fourth-order valence-corrected chi connectivity index (χ4v) is 4.97. The molecule has 1 aliphatic heterocycles. The highest BCUT2D eigenvalue weighted by atomic mass is 32.1. The predicted molar refractivity (Wildman–Crippen MR) is 93.6 cm³/mol. The minimum absolute atomic E-state index is 0.290. The second-order valence-corrected chi connectivity index (χ2v) is 9.30. The SMILES string of the molecule is CC1CCN(C(=O)c2csc3c2CCC(C(C)(C)C)C3)CC1. The van der Waals surface area contributed by atoms with E-state index in [1.54, 1.807) is 0 Å². The van der Waals surface area contributed by atoms with Gasteiger partial charge in [-0.05, 0) is 54.9 Å². The Bertz CT molecular complexity index is 546. The van der Waals surface area contributed by atoms with Crippen molar-refractivity contribution in [3.05, 3.63) is 21.4 Å². The minimum atomic E-state index is 0.290. The van der Waals surface area contributed by atoms with Gasteiger partial charge in [0.25, 0.3) is 5.91 Å². The molecule has 1 saturated heterocycles. The smallest absolute Gasteiger partial charge is 0.254 e. The Morgan fingerprint density at radius 3 is 2.55 bits per heavy atom. The fourth-order valence-electron chi connectivity index (χ4n) is 3.81. The highest BCUT2D eigenvalue weighted by Gasteiger charge is 2.32. The van der Waals surface area contributed by atoms with E-state index >= 15 is 0 Å². The fraction of sp³-hybridized carbons (Fsp3) is 0.737. The summed E-state index contributed by atoms with van der Waals surface area (Å²) in [5.74, 6) is 1.81. The molecule has 122 valence electrons. The number of carbonyl (C=O) groups excluding carboxylic acids is 1. The molecule has 0 aromatic carbocycles. The van der Waals surface area contributed by atoms with Gasteiger partial charge in [0.15, 0.2) is 0 Å². The molecule has 0 saturated carbocycles. The summed E-state index contributed by atoms with van der Waals surface area (Å²) in [7, 11) is 0. The zero-order valence-electron chi connectivity index (χ0n) is 14.4. The Balaban J connectivity index is 1.75. The molecule has 2 aliphatic rings. The number of thiophene rings is 1. The van der Waals surface area contributed by atoms with E-state index in [9.17, 15) is 4.79 Å². The Labute approximate surface area is 138 Å². The van der Waals surface area contributed by atoms with E-state index in [-0.39, 0.29) is 0 Å². The number of rotatable bonds is 1. The van der Waals surface area contributed by atoms with E-state index in [0.717, 1.165) is 56.2 Å². The molecule has 2 heterocycles. The van der Waals surface area contributed by atoms with E-state index in [1.807, 2.05) is 11.3 Å². The normalized spacial score (nSPS) is 23.5. The lowest BCUT2D eigenvalue weighted by Crippen LogP contribution is -2.38. The van der Waals surface area contributed by atoms with Gasteiger partial charge in [-0.3, -0.25) is 4.79 Å². The van der Waals surface area contributed by atoms with E-state index < -0.39 is 0 Å². The molecule has 0 radical (unpaired) electrons. The van der Waals surface area contributed by atoms with Crippen LogP contribution in [-0.2, 0) is 12.8 Å². The Hall–Kier alpha value is -0.830. The van der Waals surface area contributed by atoms with Crippen LogP contribution in [-0.4, -0.2) is 23.9 Å². The van der Waals surface area contributed by atoms with Gasteiger partial charge < -0.3 is 4.90 Å². The van der Waals surface area contributed by atoms with Crippen LogP contribution in [0, 0.1) is 17.3 Å². The maximum atomic E-state index is 12.9. The standard InChI is InChI=1S/C19H29NOS/c1-13-7-9-20(10-8-13)18(21)16-12-22-17-11-14(19(2,3)4)5-6-15(16)17/h12-14H,5-11H2,1-4H3. The molecule has 0 N–H and O–H groups in total. The van der Waals surface area contributed by atoms with E-state index in [4.69, 9.17) is 0 Å². The molecular weight excluding hydrogens is 290 g/mol. The Kier molecular flexibility index (Phi) is 4.37. The molecule has 3 rings (SSSR count). The van der Waals surface area contributed by atoms with Gasteiger partial charge in [-0.15, -0.1) is 11.3 Å². The van der Waals surface area contributed by atoms with Crippen molar-refractivity contribution in [1.29, 1.82) is 0 Å². The van der Waals surface area contributed by atoms with E-state index in [0.29, 0.717) is 11.3 Å². The molecule has 1 unspecified atom stereocenters. The molecule has 1 aromatic heterocycles. The largest absolute Gasteiger partial charge is 0.339 e. The summed E-state index contributed by atoms with van der Waals surface area (Å²) in [6, 6.07) is 0. The van der Waals surface area contributed by atoms with Crippen molar-refractivity contribution in [2.24, 2.45) is 17.3 Å². The lowest BCUT2D eigenvalue weighted by Gasteiger charge is -2.34. The summed E-state index contributed by atoms with van der Waals surface area (Å²) in [6.07, 6.45) is 5.79. The van der Waals surface area contributed by atoms with Crippen molar-refractivity contribution < 1.29 is 4.79 Å². The Morgan fingerprint density at radius 2 is 1.91 bits per heavy atom. The number of fused-ring (bicyclic) bond motifs is 1. The second-order valence-electron chi connectivity index (χ2n) is 8.33. The van der Waals surface area contributed by atoms with Gasteiger partial charge in [0.2, 0.25) is 0 Å². The summed E-state index contributed by atoms with van der Waals surface area (Å²) < 4.78 is 0. The van der Waals surface area contributed by atoms with Crippen molar-refractivity contribution in [3.8, 4) is 0 Å². The number of carbonyl (C=O) groups is 1. The first-order valence-corrected chi connectivity index (χ1v) is 9.62. The maximum absolute atomic E-state index is 12.9. The van der Waals surface area contributed by atoms with Crippen LogP contribution < -0.4 is 0 Å². The lowest BCUT2D eigenvalue weighted by molar-refractivity contribution is 0.0696. The second kappa shape index (κ2) is 5.99. The number of piperidine rings is 1. The maximum Gasteiger partial charge on any atom is 0.254 e. The summed E-state index contributed by atoms with van der Waals surface area (Å²) in [5, 5.41) is 2.13. The molecule has 1 fully saturated rings. The predicted octanol–water partition coefficient (Wildman–Crippen LogP) is 4.77. The molecule has 1 amide bonds. The molecular formula is C19H29NOS. The average molecular weight is 320 g/mol. The third kappa shape index (κ3) is 3.10. The molecule has 1 aliphatic carbocycles. The quantitative estimate of drug-likeness (QED) is 0.730. The highest BCUT2D eigenvalue weighted by molar-refractivity contribution is 7.10. The van der Waals surface area contributed by atoms with Crippen LogP contribution in [0.5, 0.6) is 0 Å². The first-order chi connectivity index (χ1) is 10.4.